The lowest BCUT2D eigenvalue weighted by atomic mass is 10.1. The van der Waals surface area contributed by atoms with E-state index in [0.29, 0.717) is 16.3 Å². The van der Waals surface area contributed by atoms with Crippen LogP contribution in [0.3, 0.4) is 0 Å². The fraction of sp³-hybridized carbons (Fsp3) is 0.333. The van der Waals surface area contributed by atoms with Crippen LogP contribution < -0.4 is 10.5 Å². The van der Waals surface area contributed by atoms with Gasteiger partial charge in [0, 0.05) is 30.2 Å². The van der Waals surface area contributed by atoms with Crippen molar-refractivity contribution in [2.45, 2.75) is 0 Å². The zero-order valence-corrected chi connectivity index (χ0v) is 13.9. The van der Waals surface area contributed by atoms with E-state index in [1.54, 1.807) is 7.11 Å². The number of nitrogens with two attached hydrogens (primary N) is 1. The van der Waals surface area contributed by atoms with Crippen LogP contribution in [0.2, 0.25) is 0 Å². The molecule has 0 unspecified atom stereocenters. The summed E-state index contributed by atoms with van der Waals surface area (Å²) < 4.78 is 9.53. The fourth-order valence-electron chi connectivity index (χ4n) is 2.32. The number of hydrogen-bond acceptors (Lipinski definition) is 6. The summed E-state index contributed by atoms with van der Waals surface area (Å²) in [7, 11) is 1.62. The summed E-state index contributed by atoms with van der Waals surface area (Å²) >= 11 is 3.05. The highest BCUT2D eigenvalue weighted by atomic mass is 32.2. The number of benzene rings is 1. The number of carbonyl (C=O) groups excluding carboxylic acids is 1. The molecule has 0 bridgehead atoms. The van der Waals surface area contributed by atoms with Gasteiger partial charge in [0.1, 0.15) is 16.3 Å². The predicted molar refractivity (Wildman–Crippen MR) is 91.7 cm³/mol. The molecule has 1 aromatic carbocycles. The minimum Gasteiger partial charge on any atom is -0.497 e. The van der Waals surface area contributed by atoms with Crippen LogP contribution in [0.15, 0.2) is 24.3 Å². The molecule has 5 nitrogen and oxygen atoms in total. The Morgan fingerprint density at radius 1 is 1.27 bits per heavy atom. The van der Waals surface area contributed by atoms with E-state index < -0.39 is 0 Å². The number of rotatable bonds is 3. The van der Waals surface area contributed by atoms with Crippen LogP contribution in [0.5, 0.6) is 5.75 Å². The fourth-order valence-corrected chi connectivity index (χ4v) is 4.01. The van der Waals surface area contributed by atoms with Crippen molar-refractivity contribution >= 4 is 34.9 Å². The summed E-state index contributed by atoms with van der Waals surface area (Å²) in [4.78, 5) is 15.0. The van der Waals surface area contributed by atoms with Gasteiger partial charge in [0.2, 0.25) is 0 Å². The average molecular weight is 335 g/mol. The van der Waals surface area contributed by atoms with Crippen LogP contribution in [-0.2, 0) is 0 Å². The quantitative estimate of drug-likeness (QED) is 0.934. The van der Waals surface area contributed by atoms with E-state index in [4.69, 9.17) is 10.5 Å². The zero-order valence-electron chi connectivity index (χ0n) is 12.2. The Balaban J connectivity index is 1.85. The lowest BCUT2D eigenvalue weighted by molar-refractivity contribution is 0.0778. The first-order chi connectivity index (χ1) is 10.7. The molecule has 22 heavy (non-hydrogen) atoms. The number of amides is 1. The molecule has 0 atom stereocenters. The highest BCUT2D eigenvalue weighted by Gasteiger charge is 2.24. The number of thioether (sulfide) groups is 1. The van der Waals surface area contributed by atoms with Crippen molar-refractivity contribution in [1.29, 1.82) is 0 Å². The highest BCUT2D eigenvalue weighted by Crippen LogP contribution is 2.32. The van der Waals surface area contributed by atoms with E-state index in [1.807, 2.05) is 40.9 Å². The Hall–Kier alpha value is -1.73. The van der Waals surface area contributed by atoms with Crippen molar-refractivity contribution < 1.29 is 9.53 Å². The van der Waals surface area contributed by atoms with E-state index in [0.717, 1.165) is 35.9 Å². The molecule has 1 fully saturated rings. The lowest BCUT2D eigenvalue weighted by Gasteiger charge is -2.25. The third kappa shape index (κ3) is 2.91. The molecule has 2 aromatic rings. The Kier molecular flexibility index (Phi) is 4.54. The number of nitrogen functional groups attached to an aromatic ring is 1. The summed E-state index contributed by atoms with van der Waals surface area (Å²) in [5, 5.41) is 0. The third-order valence-corrected chi connectivity index (χ3v) is 5.38. The maximum absolute atomic E-state index is 12.6. The van der Waals surface area contributed by atoms with Gasteiger partial charge in [-0.1, -0.05) is 0 Å². The molecule has 1 amide bonds. The van der Waals surface area contributed by atoms with E-state index in [-0.39, 0.29) is 5.91 Å². The first kappa shape index (κ1) is 15.2. The average Bonchev–Trinajstić information content (AvgIpc) is 2.96. The Bertz CT molecular complexity index is 664. The summed E-state index contributed by atoms with van der Waals surface area (Å²) in [6.07, 6.45) is 0. The topological polar surface area (TPSA) is 68.5 Å². The first-order valence-corrected chi connectivity index (χ1v) is 8.90. The number of anilines is 1. The van der Waals surface area contributed by atoms with E-state index in [1.165, 1.54) is 11.5 Å². The van der Waals surface area contributed by atoms with Crippen LogP contribution in [0.4, 0.5) is 5.69 Å². The molecule has 1 aliphatic rings. The summed E-state index contributed by atoms with van der Waals surface area (Å²) in [6, 6.07) is 7.51. The standard InChI is InChI=1S/C15H17N3O2S2/c1-20-11-4-2-10(3-5-11)13-12(16)14(22-17-13)15(19)18-6-8-21-9-7-18/h2-5H,6-9,16H2,1H3. The molecule has 1 aliphatic heterocycles. The predicted octanol–water partition coefficient (Wildman–Crippen LogP) is 2.59. The Morgan fingerprint density at radius 2 is 1.95 bits per heavy atom. The van der Waals surface area contributed by atoms with Crippen molar-refractivity contribution in [3.05, 3.63) is 29.1 Å². The van der Waals surface area contributed by atoms with Crippen LogP contribution in [0, 0.1) is 0 Å². The van der Waals surface area contributed by atoms with Crippen molar-refractivity contribution in [2.24, 2.45) is 0 Å². The molecule has 1 aromatic heterocycles. The molecule has 3 rings (SSSR count). The van der Waals surface area contributed by atoms with E-state index >= 15 is 0 Å². The number of hydrogen-bond donors (Lipinski definition) is 1. The minimum atomic E-state index is -0.00457. The van der Waals surface area contributed by atoms with Gasteiger partial charge in [0.05, 0.1) is 12.8 Å². The van der Waals surface area contributed by atoms with Gasteiger partial charge in [-0.3, -0.25) is 4.79 Å². The molecule has 2 N–H and O–H groups in total. The lowest BCUT2D eigenvalue weighted by Crippen LogP contribution is -2.37. The van der Waals surface area contributed by atoms with Gasteiger partial charge in [0.15, 0.2) is 0 Å². The number of ether oxygens (including phenoxy) is 1. The minimum absolute atomic E-state index is 0.00457. The zero-order chi connectivity index (χ0) is 15.5. The van der Waals surface area contributed by atoms with Crippen LogP contribution in [0.25, 0.3) is 11.3 Å². The monoisotopic (exact) mass is 335 g/mol. The molecule has 116 valence electrons. The second-order valence-electron chi connectivity index (χ2n) is 4.91. The Labute approximate surface area is 137 Å². The summed E-state index contributed by atoms with van der Waals surface area (Å²) in [5.74, 6) is 2.74. The Morgan fingerprint density at radius 3 is 2.59 bits per heavy atom. The molecule has 0 spiro atoms. The SMILES string of the molecule is COc1ccc(-c2nsc(C(=O)N3CCSCC3)c2N)cc1. The van der Waals surface area contributed by atoms with E-state index in [2.05, 4.69) is 4.37 Å². The maximum Gasteiger partial charge on any atom is 0.267 e. The number of methoxy groups -OCH3 is 1. The van der Waals surface area contributed by atoms with Gasteiger partial charge in [-0.2, -0.15) is 16.1 Å². The van der Waals surface area contributed by atoms with Gasteiger partial charge in [-0.15, -0.1) is 0 Å². The second kappa shape index (κ2) is 6.58. The van der Waals surface area contributed by atoms with Gasteiger partial charge in [-0.25, -0.2) is 0 Å². The number of aromatic nitrogens is 1. The maximum atomic E-state index is 12.6. The molecule has 1 saturated heterocycles. The number of nitrogens with zero attached hydrogens (tertiary/aromatic N) is 2. The smallest absolute Gasteiger partial charge is 0.267 e. The van der Waals surface area contributed by atoms with Crippen LogP contribution in [-0.4, -0.2) is 46.9 Å². The molecule has 0 aliphatic carbocycles. The van der Waals surface area contributed by atoms with Crippen molar-refractivity contribution in [2.75, 3.05) is 37.4 Å². The van der Waals surface area contributed by atoms with Gasteiger partial charge >= 0.3 is 0 Å². The van der Waals surface area contributed by atoms with E-state index in [9.17, 15) is 4.79 Å². The van der Waals surface area contributed by atoms with Gasteiger partial charge in [0.25, 0.3) is 5.91 Å². The van der Waals surface area contributed by atoms with Crippen molar-refractivity contribution in [3.63, 3.8) is 0 Å². The molecule has 7 heteroatoms. The van der Waals surface area contributed by atoms with Crippen LogP contribution in [0.1, 0.15) is 9.67 Å². The molecule has 2 heterocycles. The molecule has 0 radical (unpaired) electrons. The largest absolute Gasteiger partial charge is 0.497 e. The second-order valence-corrected chi connectivity index (χ2v) is 6.91. The van der Waals surface area contributed by atoms with Crippen molar-refractivity contribution in [3.8, 4) is 17.0 Å². The molecule has 0 saturated carbocycles. The van der Waals surface area contributed by atoms with Gasteiger partial charge in [-0.05, 0) is 35.8 Å². The van der Waals surface area contributed by atoms with Crippen molar-refractivity contribution in [1.82, 2.24) is 9.27 Å². The molecular weight excluding hydrogens is 318 g/mol. The molecular formula is C15H17N3O2S2. The summed E-state index contributed by atoms with van der Waals surface area (Å²) in [6.45, 7) is 1.55. The highest BCUT2D eigenvalue weighted by molar-refractivity contribution is 7.99. The third-order valence-electron chi connectivity index (χ3n) is 3.58. The first-order valence-electron chi connectivity index (χ1n) is 6.97. The normalized spacial score (nSPS) is 14.9. The number of carbonyl (C=O) groups is 1. The summed E-state index contributed by atoms with van der Waals surface area (Å²) in [5.41, 5.74) is 8.21. The van der Waals surface area contributed by atoms with Gasteiger partial charge < -0.3 is 15.4 Å². The van der Waals surface area contributed by atoms with Crippen LogP contribution >= 0.6 is 23.3 Å².